The molecule has 4 unspecified atom stereocenters. The molecule has 0 spiro atoms. The summed E-state index contributed by atoms with van der Waals surface area (Å²) in [6.45, 7) is 12.5. The van der Waals surface area contributed by atoms with Gasteiger partial charge in [0.05, 0.1) is 42.1 Å². The number of hydrogen-bond donors (Lipinski definition) is 0. The van der Waals surface area contributed by atoms with E-state index in [0.717, 1.165) is 76.2 Å². The SMILES string of the molecule is CCC1C[N@@]2CCC1CC2[C@@H](COc1nnc(OC[C@@H](c2ccnc3ccc(C)cc23)[C@H]2C[C@H]3CCN2C[C@@H]3CC)c2ccccc12)c1ccnc2ccc(OC)cc12. The van der Waals surface area contributed by atoms with Gasteiger partial charge >= 0.3 is 0 Å². The molecule has 3 aromatic carbocycles. The molecule has 9 heteroatoms. The van der Waals surface area contributed by atoms with Crippen LogP contribution in [0.25, 0.3) is 32.6 Å². The molecule has 6 fully saturated rings. The van der Waals surface area contributed by atoms with E-state index in [4.69, 9.17) is 34.4 Å². The van der Waals surface area contributed by atoms with Crippen molar-refractivity contribution < 1.29 is 14.2 Å². The number of aryl methyl sites for hydroxylation is 1. The second kappa shape index (κ2) is 16.3. The number of nitrogens with zero attached hydrogens (tertiary/aromatic N) is 6. The minimum absolute atomic E-state index is 0.109. The molecule has 0 saturated carbocycles. The lowest BCUT2D eigenvalue weighted by Crippen LogP contribution is -2.55. The molecule has 6 aromatic rings. The van der Waals surface area contributed by atoms with Crippen LogP contribution in [0.2, 0.25) is 0 Å². The van der Waals surface area contributed by atoms with Crippen LogP contribution in [0.3, 0.4) is 0 Å². The normalized spacial score (nSPS) is 27.3. The molecule has 59 heavy (non-hydrogen) atoms. The molecule has 12 rings (SSSR count). The highest BCUT2D eigenvalue weighted by atomic mass is 16.5. The Hall–Kier alpha value is -4.86. The van der Waals surface area contributed by atoms with E-state index in [2.05, 4.69) is 97.3 Å². The van der Waals surface area contributed by atoms with Gasteiger partial charge in [0.15, 0.2) is 0 Å². The summed E-state index contributed by atoms with van der Waals surface area (Å²) >= 11 is 0. The largest absolute Gasteiger partial charge is 0.497 e. The summed E-state index contributed by atoms with van der Waals surface area (Å²) in [6.07, 6.45) is 11.3. The van der Waals surface area contributed by atoms with E-state index in [1.165, 1.54) is 67.1 Å². The number of methoxy groups -OCH3 is 1. The number of hydrogen-bond acceptors (Lipinski definition) is 9. The molecule has 0 radical (unpaired) electrons. The van der Waals surface area contributed by atoms with Crippen molar-refractivity contribution in [3.63, 3.8) is 0 Å². The highest BCUT2D eigenvalue weighted by molar-refractivity contribution is 5.90. The Morgan fingerprint density at radius 3 is 1.66 bits per heavy atom. The lowest BCUT2D eigenvalue weighted by molar-refractivity contribution is -0.0177. The first kappa shape index (κ1) is 38.3. The fraction of sp³-hybridized carbons (Fsp3) is 0.480. The second-order valence-electron chi connectivity index (χ2n) is 17.9. The van der Waals surface area contributed by atoms with Gasteiger partial charge in [-0.2, -0.15) is 0 Å². The summed E-state index contributed by atoms with van der Waals surface area (Å²) in [5.41, 5.74) is 5.81. The molecular formula is C50H58N6O3. The Kier molecular flexibility index (Phi) is 10.6. The van der Waals surface area contributed by atoms with Gasteiger partial charge in [0.2, 0.25) is 11.8 Å². The van der Waals surface area contributed by atoms with Gasteiger partial charge in [-0.3, -0.25) is 19.8 Å². The number of fused-ring (bicyclic) bond motifs is 9. The molecule has 6 saturated heterocycles. The van der Waals surface area contributed by atoms with E-state index >= 15 is 0 Å². The third-order valence-corrected chi connectivity index (χ3v) is 15.0. The van der Waals surface area contributed by atoms with Crippen molar-refractivity contribution in [2.75, 3.05) is 46.5 Å². The van der Waals surface area contributed by atoms with Gasteiger partial charge in [-0.15, -0.1) is 10.2 Å². The van der Waals surface area contributed by atoms with Crippen molar-refractivity contribution in [1.29, 1.82) is 0 Å². The van der Waals surface area contributed by atoms with Gasteiger partial charge in [0.25, 0.3) is 0 Å². The molecule has 6 aliphatic rings. The van der Waals surface area contributed by atoms with Crippen LogP contribution in [0.5, 0.6) is 17.5 Å². The van der Waals surface area contributed by atoms with Crippen LogP contribution in [-0.4, -0.2) is 88.6 Å². The van der Waals surface area contributed by atoms with Crippen LogP contribution in [0, 0.1) is 30.6 Å². The number of piperidine rings is 6. The predicted octanol–water partition coefficient (Wildman–Crippen LogP) is 9.61. The Labute approximate surface area is 348 Å². The van der Waals surface area contributed by atoms with Crippen LogP contribution in [-0.2, 0) is 0 Å². The molecule has 10 atom stereocenters. The number of rotatable bonds is 13. The summed E-state index contributed by atoms with van der Waals surface area (Å²) in [7, 11) is 1.73. The molecule has 9 nitrogen and oxygen atoms in total. The number of pyridine rings is 2. The van der Waals surface area contributed by atoms with Crippen molar-refractivity contribution >= 4 is 32.6 Å². The standard InChI is InChI=1S/C50H58N6O3/c1-5-32-27-55-21-17-34(32)24-47(55)43(37-15-19-51-45-13-11-31(3)23-41(37)45)29-58-49-39-9-7-8-10-40(39)50(54-53-49)59-30-44(48-25-35-18-22-56(48)28-33(35)6-2)38-16-20-52-46-14-12-36(57-4)26-42(38)46/h7-16,19-20,23,26,32-35,43-44,47-48H,5-6,17-18,21-22,24-25,27-30H2,1-4H3/t32-,33?,34+,35?,43-,44-,47+,48?/m0/s1. The van der Waals surface area contributed by atoms with Crippen LogP contribution in [0.15, 0.2) is 85.2 Å². The Morgan fingerprint density at radius 2 is 1.17 bits per heavy atom. The van der Waals surface area contributed by atoms with Crippen molar-refractivity contribution in [2.45, 2.75) is 83.2 Å². The van der Waals surface area contributed by atoms with Gasteiger partial charge in [0, 0.05) is 60.2 Å². The van der Waals surface area contributed by atoms with Crippen molar-refractivity contribution in [1.82, 2.24) is 30.0 Å². The summed E-state index contributed by atoms with van der Waals surface area (Å²) in [5, 5.41) is 13.8. The van der Waals surface area contributed by atoms with E-state index in [1.54, 1.807) is 7.11 Å². The maximum atomic E-state index is 6.90. The van der Waals surface area contributed by atoms with E-state index < -0.39 is 0 Å². The van der Waals surface area contributed by atoms with Crippen molar-refractivity contribution in [2.24, 2.45) is 23.7 Å². The summed E-state index contributed by atoms with van der Waals surface area (Å²) in [5.74, 6) is 5.24. The van der Waals surface area contributed by atoms with Crippen molar-refractivity contribution in [3.8, 4) is 17.5 Å². The van der Waals surface area contributed by atoms with Crippen LogP contribution in [0.4, 0.5) is 0 Å². The van der Waals surface area contributed by atoms with Crippen LogP contribution < -0.4 is 14.2 Å². The Morgan fingerprint density at radius 1 is 0.644 bits per heavy atom. The zero-order valence-electron chi connectivity index (χ0n) is 35.1. The fourth-order valence-electron chi connectivity index (χ4n) is 11.7. The average Bonchev–Trinajstić information content (AvgIpc) is 3.29. The van der Waals surface area contributed by atoms with E-state index in [0.29, 0.717) is 37.1 Å². The fourth-order valence-corrected chi connectivity index (χ4v) is 11.7. The smallest absolute Gasteiger partial charge is 0.241 e. The molecule has 9 heterocycles. The zero-order chi connectivity index (χ0) is 40.0. The van der Waals surface area contributed by atoms with Gasteiger partial charge in [-0.05, 0) is 135 Å². The molecule has 0 aliphatic carbocycles. The summed E-state index contributed by atoms with van der Waals surface area (Å²) in [4.78, 5) is 15.0. The lowest BCUT2D eigenvalue weighted by atomic mass is 9.70. The van der Waals surface area contributed by atoms with Crippen LogP contribution >= 0.6 is 0 Å². The Bertz CT molecular complexity index is 2460. The zero-order valence-corrected chi connectivity index (χ0v) is 35.1. The highest BCUT2D eigenvalue weighted by Gasteiger charge is 2.45. The molecule has 4 bridgehead atoms. The maximum absolute atomic E-state index is 6.90. The third-order valence-electron chi connectivity index (χ3n) is 15.0. The van der Waals surface area contributed by atoms with Gasteiger partial charge in [-0.25, -0.2) is 0 Å². The minimum atomic E-state index is 0.109. The first-order valence-corrected chi connectivity index (χ1v) is 22.3. The lowest BCUT2D eigenvalue weighted by Gasteiger charge is -2.52. The molecule has 0 amide bonds. The Balaban J connectivity index is 0.965. The monoisotopic (exact) mass is 790 g/mol. The number of aromatic nitrogens is 4. The van der Waals surface area contributed by atoms with Crippen LogP contribution in [0.1, 0.15) is 80.9 Å². The number of benzene rings is 3. The van der Waals surface area contributed by atoms with Gasteiger partial charge in [-0.1, -0.05) is 50.5 Å². The average molecular weight is 791 g/mol. The minimum Gasteiger partial charge on any atom is -0.497 e. The quantitative estimate of drug-likeness (QED) is 0.114. The predicted molar refractivity (Wildman–Crippen MR) is 235 cm³/mol. The third kappa shape index (κ3) is 7.18. The second-order valence-corrected chi connectivity index (χ2v) is 17.9. The van der Waals surface area contributed by atoms with E-state index in [1.807, 2.05) is 18.5 Å². The summed E-state index contributed by atoms with van der Waals surface area (Å²) in [6, 6.07) is 26.3. The van der Waals surface area contributed by atoms with E-state index in [-0.39, 0.29) is 11.8 Å². The molecular weight excluding hydrogens is 733 g/mol. The highest BCUT2D eigenvalue weighted by Crippen LogP contribution is 2.46. The van der Waals surface area contributed by atoms with Gasteiger partial charge < -0.3 is 14.2 Å². The van der Waals surface area contributed by atoms with Crippen molar-refractivity contribution in [3.05, 3.63) is 102 Å². The first-order chi connectivity index (χ1) is 29.0. The van der Waals surface area contributed by atoms with Gasteiger partial charge in [0.1, 0.15) is 5.75 Å². The molecule has 0 N–H and O–H groups in total. The summed E-state index contributed by atoms with van der Waals surface area (Å²) < 4.78 is 19.5. The molecule has 3 aromatic heterocycles. The molecule has 6 aliphatic heterocycles. The first-order valence-electron chi connectivity index (χ1n) is 22.3. The maximum Gasteiger partial charge on any atom is 0.241 e. The van der Waals surface area contributed by atoms with E-state index in [9.17, 15) is 0 Å². The topological polar surface area (TPSA) is 85.7 Å². The molecule has 306 valence electrons. The number of ether oxygens (including phenoxy) is 3.